The van der Waals surface area contributed by atoms with Crippen molar-refractivity contribution in [3.05, 3.63) is 30.6 Å². The minimum atomic E-state index is 0.755. The van der Waals surface area contributed by atoms with Crippen LogP contribution in [0.15, 0.2) is 30.6 Å². The maximum Gasteiger partial charge on any atom is 0.183 e. The van der Waals surface area contributed by atoms with Gasteiger partial charge in [0.05, 0.1) is 12.8 Å². The van der Waals surface area contributed by atoms with E-state index in [9.17, 15) is 0 Å². The second-order valence-corrected chi connectivity index (χ2v) is 5.73. The number of piperazine rings is 1. The molecule has 0 unspecified atom stereocenters. The number of aromatic nitrogens is 5. The monoisotopic (exact) mass is 325 g/mol. The summed E-state index contributed by atoms with van der Waals surface area (Å²) in [6.45, 7) is 3.51. The summed E-state index contributed by atoms with van der Waals surface area (Å²) in [5, 5.41) is 8.26. The van der Waals surface area contributed by atoms with Crippen LogP contribution in [0.5, 0.6) is 5.75 Å². The van der Waals surface area contributed by atoms with Crippen LogP contribution in [0.3, 0.4) is 0 Å². The van der Waals surface area contributed by atoms with Crippen molar-refractivity contribution in [2.75, 3.05) is 43.1 Å². The Bertz CT molecular complexity index is 855. The molecule has 1 aliphatic rings. The molecule has 24 heavy (non-hydrogen) atoms. The summed E-state index contributed by atoms with van der Waals surface area (Å²) in [6.07, 6.45) is 1.58. The lowest BCUT2D eigenvalue weighted by Crippen LogP contribution is -2.47. The molecule has 4 rings (SSSR count). The van der Waals surface area contributed by atoms with Gasteiger partial charge >= 0.3 is 0 Å². The van der Waals surface area contributed by atoms with E-state index in [2.05, 4.69) is 36.1 Å². The van der Waals surface area contributed by atoms with Crippen molar-refractivity contribution in [3.8, 4) is 5.75 Å². The van der Waals surface area contributed by atoms with E-state index in [0.29, 0.717) is 0 Å². The van der Waals surface area contributed by atoms with Gasteiger partial charge in [-0.15, -0.1) is 5.10 Å². The van der Waals surface area contributed by atoms with Crippen molar-refractivity contribution in [1.82, 2.24) is 25.0 Å². The van der Waals surface area contributed by atoms with Gasteiger partial charge in [0.15, 0.2) is 17.0 Å². The number of para-hydroxylation sites is 2. The van der Waals surface area contributed by atoms with Crippen LogP contribution in [0.2, 0.25) is 0 Å². The summed E-state index contributed by atoms with van der Waals surface area (Å²) >= 11 is 0. The molecule has 124 valence electrons. The second-order valence-electron chi connectivity index (χ2n) is 5.73. The predicted octanol–water partition coefficient (Wildman–Crippen LogP) is 1.09. The maximum atomic E-state index is 5.47. The maximum absolute atomic E-state index is 5.47. The van der Waals surface area contributed by atoms with Crippen LogP contribution in [0.4, 0.5) is 11.5 Å². The SMILES string of the molecule is COc1ccccc1N1CCN(c2ncnc3c2nnn3C)CC1. The minimum Gasteiger partial charge on any atom is -0.495 e. The summed E-state index contributed by atoms with van der Waals surface area (Å²) < 4.78 is 7.15. The first-order valence-corrected chi connectivity index (χ1v) is 7.91. The van der Waals surface area contributed by atoms with Gasteiger partial charge in [0, 0.05) is 33.2 Å². The first-order valence-electron chi connectivity index (χ1n) is 7.91. The number of fused-ring (bicyclic) bond motifs is 1. The molecule has 3 heterocycles. The molecular formula is C16H19N7O. The van der Waals surface area contributed by atoms with Crippen LogP contribution < -0.4 is 14.5 Å². The first-order chi connectivity index (χ1) is 11.8. The lowest BCUT2D eigenvalue weighted by atomic mass is 10.2. The Hall–Kier alpha value is -2.90. The molecule has 0 aliphatic carbocycles. The van der Waals surface area contributed by atoms with Gasteiger partial charge in [0.25, 0.3) is 0 Å². The topological polar surface area (TPSA) is 72.2 Å². The number of hydrogen-bond donors (Lipinski definition) is 0. The van der Waals surface area contributed by atoms with E-state index < -0.39 is 0 Å². The molecule has 0 atom stereocenters. The zero-order valence-electron chi connectivity index (χ0n) is 13.8. The van der Waals surface area contributed by atoms with Crippen LogP contribution >= 0.6 is 0 Å². The van der Waals surface area contributed by atoms with Gasteiger partial charge in [-0.3, -0.25) is 0 Å². The van der Waals surface area contributed by atoms with E-state index in [4.69, 9.17) is 4.74 Å². The van der Waals surface area contributed by atoms with E-state index >= 15 is 0 Å². The summed E-state index contributed by atoms with van der Waals surface area (Å²) in [5.41, 5.74) is 2.64. The number of hydrogen-bond acceptors (Lipinski definition) is 7. The number of ether oxygens (including phenoxy) is 1. The molecule has 0 bridgehead atoms. The van der Waals surface area contributed by atoms with Gasteiger partial charge in [-0.05, 0) is 12.1 Å². The van der Waals surface area contributed by atoms with E-state index in [1.54, 1.807) is 18.1 Å². The van der Waals surface area contributed by atoms with Gasteiger partial charge in [-0.2, -0.15) is 0 Å². The normalized spacial score (nSPS) is 15.1. The number of aryl methyl sites for hydroxylation is 1. The van der Waals surface area contributed by atoms with E-state index in [0.717, 1.165) is 54.6 Å². The van der Waals surface area contributed by atoms with Crippen molar-refractivity contribution in [2.24, 2.45) is 7.05 Å². The fraction of sp³-hybridized carbons (Fsp3) is 0.375. The fourth-order valence-electron chi connectivity index (χ4n) is 3.12. The van der Waals surface area contributed by atoms with Crippen LogP contribution in [-0.4, -0.2) is 58.3 Å². The quantitative estimate of drug-likeness (QED) is 0.714. The van der Waals surface area contributed by atoms with Crippen LogP contribution in [0, 0.1) is 0 Å². The first kappa shape index (κ1) is 14.7. The van der Waals surface area contributed by atoms with E-state index in [-0.39, 0.29) is 0 Å². The third kappa shape index (κ3) is 2.40. The molecule has 1 saturated heterocycles. The average molecular weight is 325 g/mol. The Morgan fingerprint density at radius 3 is 2.54 bits per heavy atom. The van der Waals surface area contributed by atoms with Gasteiger partial charge in [0.1, 0.15) is 12.1 Å². The van der Waals surface area contributed by atoms with Crippen molar-refractivity contribution >= 4 is 22.7 Å². The standard InChI is InChI=1S/C16H19N7O/c1-21-15-14(19-20-21)16(18-11-17-15)23-9-7-22(8-10-23)12-5-3-4-6-13(12)24-2/h3-6,11H,7-10H2,1-2H3. The van der Waals surface area contributed by atoms with Gasteiger partial charge in [-0.1, -0.05) is 17.3 Å². The third-order valence-corrected chi connectivity index (χ3v) is 4.37. The number of benzene rings is 1. The molecule has 0 N–H and O–H groups in total. The number of nitrogens with zero attached hydrogens (tertiary/aromatic N) is 7. The van der Waals surface area contributed by atoms with Crippen LogP contribution in [-0.2, 0) is 7.05 Å². The predicted molar refractivity (Wildman–Crippen MR) is 91.5 cm³/mol. The highest BCUT2D eigenvalue weighted by Gasteiger charge is 2.23. The molecule has 0 radical (unpaired) electrons. The molecular weight excluding hydrogens is 306 g/mol. The lowest BCUT2D eigenvalue weighted by Gasteiger charge is -2.37. The smallest absolute Gasteiger partial charge is 0.183 e. The lowest BCUT2D eigenvalue weighted by molar-refractivity contribution is 0.413. The molecule has 0 spiro atoms. The molecule has 8 nitrogen and oxygen atoms in total. The van der Waals surface area contributed by atoms with Crippen LogP contribution in [0.25, 0.3) is 11.2 Å². The summed E-state index contributed by atoms with van der Waals surface area (Å²) in [7, 11) is 3.55. The van der Waals surface area contributed by atoms with Crippen LogP contribution in [0.1, 0.15) is 0 Å². The molecule has 1 aliphatic heterocycles. The fourth-order valence-corrected chi connectivity index (χ4v) is 3.12. The molecule has 1 aromatic carbocycles. The number of anilines is 2. The van der Waals surface area contributed by atoms with Crippen molar-refractivity contribution in [2.45, 2.75) is 0 Å². The third-order valence-electron chi connectivity index (χ3n) is 4.37. The Labute approximate surface area is 139 Å². The Morgan fingerprint density at radius 2 is 1.75 bits per heavy atom. The zero-order chi connectivity index (χ0) is 16.5. The summed E-state index contributed by atoms with van der Waals surface area (Å²) in [6, 6.07) is 8.12. The van der Waals surface area contributed by atoms with Crippen molar-refractivity contribution < 1.29 is 4.74 Å². The van der Waals surface area contributed by atoms with E-state index in [1.165, 1.54) is 0 Å². The Balaban J connectivity index is 1.55. The molecule has 1 fully saturated rings. The summed E-state index contributed by atoms with van der Waals surface area (Å²) in [4.78, 5) is 13.3. The highest BCUT2D eigenvalue weighted by molar-refractivity contribution is 5.82. The summed E-state index contributed by atoms with van der Waals surface area (Å²) in [5.74, 6) is 1.76. The van der Waals surface area contributed by atoms with E-state index in [1.807, 2.05) is 25.2 Å². The van der Waals surface area contributed by atoms with Gasteiger partial charge < -0.3 is 14.5 Å². The molecule has 8 heteroatoms. The Kier molecular flexibility index (Phi) is 3.64. The molecule has 0 amide bonds. The number of methoxy groups -OCH3 is 1. The average Bonchev–Trinajstić information content (AvgIpc) is 3.03. The molecule has 3 aromatic rings. The van der Waals surface area contributed by atoms with Gasteiger partial charge in [0.2, 0.25) is 0 Å². The molecule has 0 saturated carbocycles. The number of rotatable bonds is 3. The zero-order valence-corrected chi connectivity index (χ0v) is 13.8. The van der Waals surface area contributed by atoms with Crippen molar-refractivity contribution in [1.29, 1.82) is 0 Å². The van der Waals surface area contributed by atoms with Gasteiger partial charge in [-0.25, -0.2) is 14.6 Å². The minimum absolute atomic E-state index is 0.755. The largest absolute Gasteiger partial charge is 0.495 e. The Morgan fingerprint density at radius 1 is 1.00 bits per heavy atom. The highest BCUT2D eigenvalue weighted by Crippen LogP contribution is 2.29. The second kappa shape index (κ2) is 5.95. The molecule has 2 aromatic heterocycles. The van der Waals surface area contributed by atoms with Crippen molar-refractivity contribution in [3.63, 3.8) is 0 Å². The highest BCUT2D eigenvalue weighted by atomic mass is 16.5.